The van der Waals surface area contributed by atoms with Crippen LogP contribution >= 0.6 is 0 Å². The molecular weight excluding hydrogens is 530 g/mol. The Bertz CT molecular complexity index is 1310. The Kier molecular flexibility index (Phi) is 6.79. The van der Waals surface area contributed by atoms with Gasteiger partial charge in [-0.1, -0.05) is 6.07 Å². The number of carbonyl (C=O) groups excluding carboxylic acids is 3. The maximum atomic E-state index is 13.1. The van der Waals surface area contributed by atoms with Gasteiger partial charge in [0.1, 0.15) is 11.9 Å². The number of benzene rings is 1. The fraction of sp³-hybridized carbons (Fsp3) is 0.556. The number of hydrogen-bond acceptors (Lipinski definition) is 12. The molecule has 216 valence electrons. The number of phenolic OH excluding ortho intramolecular Hbond substituents is 1. The molecule has 5 rings (SSSR count). The highest BCUT2D eigenvalue weighted by Gasteiger charge is 2.72. The van der Waals surface area contributed by atoms with Crippen LogP contribution in [-0.2, 0) is 45.2 Å². The van der Waals surface area contributed by atoms with Gasteiger partial charge in [-0.25, -0.2) is 14.4 Å². The summed E-state index contributed by atoms with van der Waals surface area (Å²) in [4.78, 5) is 50.8. The summed E-state index contributed by atoms with van der Waals surface area (Å²) in [5.74, 6) is -4.84. The van der Waals surface area contributed by atoms with Crippen LogP contribution < -0.4 is 4.74 Å². The molecule has 1 spiro atoms. The number of piperidine rings is 1. The summed E-state index contributed by atoms with van der Waals surface area (Å²) >= 11 is 0. The number of likely N-dealkylation sites (N-methyl/N-ethyl adjacent to an activating group) is 1. The zero-order chi connectivity index (χ0) is 29.1. The highest BCUT2D eigenvalue weighted by Crippen LogP contribution is 2.65. The fourth-order valence-electron chi connectivity index (χ4n) is 6.47. The number of rotatable bonds is 8. The minimum atomic E-state index is -1.89. The number of aliphatic hydroxyl groups is 2. The van der Waals surface area contributed by atoms with Crippen LogP contribution in [0.5, 0.6) is 11.5 Å². The van der Waals surface area contributed by atoms with Crippen molar-refractivity contribution in [2.75, 3.05) is 13.6 Å². The predicted molar refractivity (Wildman–Crippen MR) is 132 cm³/mol. The number of ether oxygens (including phenoxy) is 4. The average Bonchev–Trinajstić information content (AvgIpc) is 3.25. The maximum Gasteiger partial charge on any atom is 0.348 e. The molecule has 2 aliphatic carbocycles. The Labute approximate surface area is 228 Å². The van der Waals surface area contributed by atoms with Crippen LogP contribution in [0, 0.1) is 0 Å². The van der Waals surface area contributed by atoms with Crippen molar-refractivity contribution >= 4 is 23.9 Å². The molecule has 0 amide bonds. The molecule has 0 radical (unpaired) electrons. The summed E-state index contributed by atoms with van der Waals surface area (Å²) in [6, 6.07) is 3.09. The SMILES string of the molecule is C[C@H](O)C(=O)O[C@@H](CC(=O)OC1=CC[C@@]2(O)[C@H]3Cc4ccc(O)c5c4[C@@]2(CCN3C)[C@H]1O5)C(=O)O[C@@H](C)C(=O)O. The molecule has 1 aromatic rings. The van der Waals surface area contributed by atoms with Crippen molar-refractivity contribution in [3.63, 3.8) is 0 Å². The van der Waals surface area contributed by atoms with E-state index in [0.717, 1.165) is 19.4 Å². The van der Waals surface area contributed by atoms with Gasteiger partial charge in [0.05, 0.1) is 17.4 Å². The number of aliphatic carboxylic acids is 1. The molecule has 40 heavy (non-hydrogen) atoms. The van der Waals surface area contributed by atoms with E-state index in [1.807, 2.05) is 13.1 Å². The number of nitrogens with zero attached hydrogens (tertiary/aromatic N) is 1. The molecule has 0 saturated carbocycles. The second-order valence-electron chi connectivity index (χ2n) is 10.8. The number of aliphatic hydroxyl groups excluding tert-OH is 1. The van der Waals surface area contributed by atoms with Crippen LogP contribution in [0.25, 0.3) is 0 Å². The van der Waals surface area contributed by atoms with Crippen molar-refractivity contribution in [2.24, 2.45) is 0 Å². The Balaban J connectivity index is 1.42. The van der Waals surface area contributed by atoms with Gasteiger partial charge in [-0.05, 0) is 58.0 Å². The molecule has 1 aromatic carbocycles. The zero-order valence-electron chi connectivity index (χ0n) is 22.2. The Hall–Kier alpha value is -3.68. The Morgan fingerprint density at radius 3 is 2.58 bits per heavy atom. The van der Waals surface area contributed by atoms with E-state index < -0.39 is 65.7 Å². The molecule has 1 fully saturated rings. The maximum absolute atomic E-state index is 13.1. The number of carbonyl (C=O) groups is 4. The molecule has 0 unspecified atom stereocenters. The monoisotopic (exact) mass is 561 g/mol. The number of phenols is 1. The minimum absolute atomic E-state index is 0.0642. The number of likely N-dealkylation sites (tertiary alicyclic amines) is 1. The van der Waals surface area contributed by atoms with E-state index in [-0.39, 0.29) is 29.7 Å². The third-order valence-corrected chi connectivity index (χ3v) is 8.44. The first-order valence-electron chi connectivity index (χ1n) is 13.0. The van der Waals surface area contributed by atoms with E-state index in [9.17, 15) is 34.5 Å². The summed E-state index contributed by atoms with van der Waals surface area (Å²) in [6.07, 6.45) is -4.26. The number of esters is 3. The largest absolute Gasteiger partial charge is 0.504 e. The number of hydrogen-bond donors (Lipinski definition) is 4. The lowest BCUT2D eigenvalue weighted by molar-refractivity contribution is -0.182. The van der Waals surface area contributed by atoms with Crippen molar-refractivity contribution in [2.45, 2.75) is 81.0 Å². The second-order valence-corrected chi connectivity index (χ2v) is 10.8. The van der Waals surface area contributed by atoms with Crippen molar-refractivity contribution in [1.82, 2.24) is 4.90 Å². The predicted octanol–water partition coefficient (Wildman–Crippen LogP) is -0.0879. The number of carboxylic acids is 1. The molecule has 13 heteroatoms. The van der Waals surface area contributed by atoms with Gasteiger partial charge in [-0.15, -0.1) is 0 Å². The molecule has 7 atom stereocenters. The van der Waals surface area contributed by atoms with Crippen molar-refractivity contribution in [1.29, 1.82) is 0 Å². The molecule has 1 saturated heterocycles. The van der Waals surface area contributed by atoms with E-state index in [2.05, 4.69) is 4.90 Å². The third kappa shape index (κ3) is 4.11. The molecule has 4 aliphatic rings. The standard InChI is InChI=1S/C27H31NO12/c1-12(29)24(34)39-17(25(35)37-13(2)23(32)33)11-19(31)38-16-6-7-27(36)18-10-14-4-5-15(30)21-20(14)26(27,22(16)40-21)8-9-28(18)3/h4-6,12-13,17-18,22,29-30,36H,7-11H2,1-3H3,(H,32,33)/t12-,13-,17-,18+,22-,26-,27+/m0/s1. The lowest BCUT2D eigenvalue weighted by Gasteiger charge is -2.61. The summed E-state index contributed by atoms with van der Waals surface area (Å²) in [5, 5.41) is 41.3. The topological polar surface area (TPSA) is 189 Å². The van der Waals surface area contributed by atoms with Crippen LogP contribution in [0.2, 0.25) is 0 Å². The van der Waals surface area contributed by atoms with Crippen LogP contribution in [-0.4, -0.2) is 98.9 Å². The highest BCUT2D eigenvalue weighted by molar-refractivity contribution is 5.87. The van der Waals surface area contributed by atoms with Gasteiger partial charge in [-0.2, -0.15) is 0 Å². The molecule has 2 aliphatic heterocycles. The van der Waals surface area contributed by atoms with Crippen LogP contribution in [0.3, 0.4) is 0 Å². The molecule has 2 heterocycles. The van der Waals surface area contributed by atoms with Crippen LogP contribution in [0.15, 0.2) is 24.0 Å². The second kappa shape index (κ2) is 9.75. The van der Waals surface area contributed by atoms with Crippen molar-refractivity contribution in [3.8, 4) is 11.5 Å². The first kappa shape index (κ1) is 27.9. The Morgan fingerprint density at radius 1 is 1.18 bits per heavy atom. The molecule has 0 aromatic heterocycles. The number of carboxylic acid groups (broad SMARTS) is 1. The van der Waals surface area contributed by atoms with Crippen LogP contribution in [0.1, 0.15) is 44.2 Å². The lowest BCUT2D eigenvalue weighted by atomic mass is 9.50. The van der Waals surface area contributed by atoms with Gasteiger partial charge in [-0.3, -0.25) is 4.79 Å². The fourth-order valence-corrected chi connectivity index (χ4v) is 6.47. The highest BCUT2D eigenvalue weighted by atomic mass is 16.6. The van der Waals surface area contributed by atoms with Crippen molar-refractivity contribution in [3.05, 3.63) is 35.1 Å². The minimum Gasteiger partial charge on any atom is -0.504 e. The van der Waals surface area contributed by atoms with E-state index in [0.29, 0.717) is 24.9 Å². The summed E-state index contributed by atoms with van der Waals surface area (Å²) < 4.78 is 21.5. The van der Waals surface area contributed by atoms with Crippen LogP contribution in [0.4, 0.5) is 0 Å². The van der Waals surface area contributed by atoms with Gasteiger partial charge in [0.15, 0.2) is 23.7 Å². The van der Waals surface area contributed by atoms with Gasteiger partial charge in [0.2, 0.25) is 6.10 Å². The molecular formula is C27H31NO12. The molecule has 2 bridgehead atoms. The quantitative estimate of drug-likeness (QED) is 0.244. The first-order valence-corrected chi connectivity index (χ1v) is 13.0. The summed E-state index contributed by atoms with van der Waals surface area (Å²) in [5.41, 5.74) is -0.673. The summed E-state index contributed by atoms with van der Waals surface area (Å²) in [6.45, 7) is 2.79. The zero-order valence-corrected chi connectivity index (χ0v) is 22.2. The normalized spacial score (nSPS) is 30.1. The van der Waals surface area contributed by atoms with Gasteiger partial charge in [0, 0.05) is 18.0 Å². The van der Waals surface area contributed by atoms with Gasteiger partial charge in [0.25, 0.3) is 0 Å². The molecule has 4 N–H and O–H groups in total. The third-order valence-electron chi connectivity index (χ3n) is 8.44. The van der Waals surface area contributed by atoms with E-state index in [1.165, 1.54) is 6.07 Å². The van der Waals surface area contributed by atoms with Crippen molar-refractivity contribution < 1.29 is 58.6 Å². The Morgan fingerprint density at radius 2 is 1.90 bits per heavy atom. The van der Waals surface area contributed by atoms with Gasteiger partial charge < -0.3 is 44.3 Å². The number of aromatic hydroxyl groups is 1. The van der Waals surface area contributed by atoms with E-state index >= 15 is 0 Å². The smallest absolute Gasteiger partial charge is 0.348 e. The summed E-state index contributed by atoms with van der Waals surface area (Å²) in [7, 11) is 1.94. The van der Waals surface area contributed by atoms with Gasteiger partial charge >= 0.3 is 23.9 Å². The molecule has 13 nitrogen and oxygen atoms in total. The average molecular weight is 562 g/mol. The van der Waals surface area contributed by atoms with E-state index in [4.69, 9.17) is 24.1 Å². The van der Waals surface area contributed by atoms with E-state index in [1.54, 1.807) is 6.08 Å². The lowest BCUT2D eigenvalue weighted by Crippen LogP contribution is -2.74. The first-order chi connectivity index (χ1) is 18.8.